The Labute approximate surface area is 120 Å². The standard InChI is InChI=1S/C14H12ClN5/c1-2-10(9-6-4-3-5-7-9)20-8-17-11-12(15)18-14(16)19-13(11)20/h2-8,10H,1H2,(H2,16,18,19)/t10-/m1/s1. The van der Waals surface area contributed by atoms with E-state index in [4.69, 9.17) is 17.3 Å². The number of rotatable bonds is 3. The van der Waals surface area contributed by atoms with Crippen molar-refractivity contribution in [3.8, 4) is 0 Å². The van der Waals surface area contributed by atoms with E-state index in [1.165, 1.54) is 0 Å². The maximum atomic E-state index is 6.04. The van der Waals surface area contributed by atoms with E-state index in [1.54, 1.807) is 6.33 Å². The Morgan fingerprint density at radius 1 is 1.25 bits per heavy atom. The molecule has 0 aliphatic rings. The zero-order valence-corrected chi connectivity index (χ0v) is 11.3. The highest BCUT2D eigenvalue weighted by Crippen LogP contribution is 2.26. The van der Waals surface area contributed by atoms with Gasteiger partial charge in [-0.1, -0.05) is 48.0 Å². The van der Waals surface area contributed by atoms with Gasteiger partial charge in [0, 0.05) is 0 Å². The fourth-order valence-corrected chi connectivity index (χ4v) is 2.38. The summed E-state index contributed by atoms with van der Waals surface area (Å²) in [6, 6.07) is 9.86. The lowest BCUT2D eigenvalue weighted by Gasteiger charge is -2.15. The molecule has 0 saturated heterocycles. The number of imidazole rings is 1. The number of nitrogen functional groups attached to an aromatic ring is 1. The Bertz CT molecular complexity index is 766. The molecule has 2 aromatic heterocycles. The monoisotopic (exact) mass is 285 g/mol. The molecule has 20 heavy (non-hydrogen) atoms. The van der Waals surface area contributed by atoms with Gasteiger partial charge in [0.25, 0.3) is 0 Å². The van der Waals surface area contributed by atoms with Crippen molar-refractivity contribution < 1.29 is 0 Å². The summed E-state index contributed by atoms with van der Waals surface area (Å²) < 4.78 is 1.88. The van der Waals surface area contributed by atoms with E-state index >= 15 is 0 Å². The number of hydrogen-bond donors (Lipinski definition) is 1. The Balaban J connectivity index is 2.21. The molecule has 0 bridgehead atoms. The van der Waals surface area contributed by atoms with Crippen LogP contribution in [0.15, 0.2) is 49.3 Å². The summed E-state index contributed by atoms with van der Waals surface area (Å²) in [6.07, 6.45) is 3.49. The molecule has 0 radical (unpaired) electrons. The van der Waals surface area contributed by atoms with E-state index < -0.39 is 0 Å². The maximum absolute atomic E-state index is 6.04. The lowest BCUT2D eigenvalue weighted by atomic mass is 10.1. The zero-order valence-electron chi connectivity index (χ0n) is 10.6. The molecule has 2 N–H and O–H groups in total. The number of nitrogens with zero attached hydrogens (tertiary/aromatic N) is 4. The largest absolute Gasteiger partial charge is 0.368 e. The number of aromatic nitrogens is 4. The topological polar surface area (TPSA) is 69.6 Å². The lowest BCUT2D eigenvalue weighted by Crippen LogP contribution is -2.08. The highest BCUT2D eigenvalue weighted by atomic mass is 35.5. The van der Waals surface area contributed by atoms with Gasteiger partial charge >= 0.3 is 0 Å². The normalized spacial score (nSPS) is 12.4. The van der Waals surface area contributed by atoms with Crippen LogP contribution >= 0.6 is 11.6 Å². The third-order valence-electron chi connectivity index (χ3n) is 3.06. The molecule has 0 unspecified atom stereocenters. The van der Waals surface area contributed by atoms with E-state index in [-0.39, 0.29) is 17.1 Å². The second kappa shape index (κ2) is 4.94. The highest BCUT2D eigenvalue weighted by molar-refractivity contribution is 6.33. The molecule has 0 fully saturated rings. The molecule has 100 valence electrons. The summed E-state index contributed by atoms with van der Waals surface area (Å²) in [7, 11) is 0. The van der Waals surface area contributed by atoms with Gasteiger partial charge in [0.2, 0.25) is 5.95 Å². The average Bonchev–Trinajstić information content (AvgIpc) is 2.85. The van der Waals surface area contributed by atoms with Gasteiger partial charge in [-0.3, -0.25) is 0 Å². The highest BCUT2D eigenvalue weighted by Gasteiger charge is 2.16. The minimum atomic E-state index is -0.0911. The van der Waals surface area contributed by atoms with Gasteiger partial charge in [0.05, 0.1) is 12.4 Å². The van der Waals surface area contributed by atoms with Crippen molar-refractivity contribution in [2.75, 3.05) is 5.73 Å². The van der Waals surface area contributed by atoms with Crippen LogP contribution in [0, 0.1) is 0 Å². The third-order valence-corrected chi connectivity index (χ3v) is 3.32. The minimum absolute atomic E-state index is 0.0911. The second-order valence-electron chi connectivity index (χ2n) is 4.29. The van der Waals surface area contributed by atoms with Crippen molar-refractivity contribution in [3.05, 3.63) is 60.0 Å². The van der Waals surface area contributed by atoms with Gasteiger partial charge in [-0.05, 0) is 5.56 Å². The number of allylic oxidation sites excluding steroid dienone is 1. The second-order valence-corrected chi connectivity index (χ2v) is 4.65. The number of nitrogens with two attached hydrogens (primary N) is 1. The van der Waals surface area contributed by atoms with Crippen LogP contribution in [0.2, 0.25) is 5.15 Å². The fourth-order valence-electron chi connectivity index (χ4n) is 2.16. The third kappa shape index (κ3) is 2.02. The van der Waals surface area contributed by atoms with Crippen LogP contribution < -0.4 is 5.73 Å². The van der Waals surface area contributed by atoms with Gasteiger partial charge < -0.3 is 10.3 Å². The molecular formula is C14H12ClN5. The van der Waals surface area contributed by atoms with Crippen molar-refractivity contribution >= 4 is 28.7 Å². The maximum Gasteiger partial charge on any atom is 0.223 e. The molecule has 5 nitrogen and oxygen atoms in total. The van der Waals surface area contributed by atoms with Gasteiger partial charge in [-0.2, -0.15) is 9.97 Å². The number of hydrogen-bond acceptors (Lipinski definition) is 4. The number of fused-ring (bicyclic) bond motifs is 1. The molecule has 0 aliphatic carbocycles. The van der Waals surface area contributed by atoms with Gasteiger partial charge in [0.15, 0.2) is 10.8 Å². The van der Waals surface area contributed by atoms with Crippen molar-refractivity contribution in [1.82, 2.24) is 19.5 Å². The van der Waals surface area contributed by atoms with Gasteiger partial charge in [-0.15, -0.1) is 6.58 Å². The van der Waals surface area contributed by atoms with E-state index in [0.29, 0.717) is 11.2 Å². The smallest absolute Gasteiger partial charge is 0.223 e. The van der Waals surface area contributed by atoms with Crippen LogP contribution in [-0.4, -0.2) is 19.5 Å². The SMILES string of the molecule is C=C[C@H](c1ccccc1)n1cnc2c(Cl)nc(N)nc21. The van der Waals surface area contributed by atoms with Gasteiger partial charge in [0.1, 0.15) is 5.52 Å². The first-order chi connectivity index (χ1) is 9.70. The van der Waals surface area contributed by atoms with E-state index in [9.17, 15) is 0 Å². The summed E-state index contributed by atoms with van der Waals surface area (Å²) in [4.78, 5) is 12.4. The molecule has 3 rings (SSSR count). The Kier molecular flexibility index (Phi) is 3.12. The number of anilines is 1. The first-order valence-electron chi connectivity index (χ1n) is 6.03. The predicted molar refractivity (Wildman–Crippen MR) is 79.5 cm³/mol. The Morgan fingerprint density at radius 3 is 2.70 bits per heavy atom. The van der Waals surface area contributed by atoms with E-state index in [0.717, 1.165) is 5.56 Å². The van der Waals surface area contributed by atoms with Crippen LogP contribution in [0.25, 0.3) is 11.2 Å². The quantitative estimate of drug-likeness (QED) is 0.593. The van der Waals surface area contributed by atoms with Crippen LogP contribution in [0.1, 0.15) is 11.6 Å². The Morgan fingerprint density at radius 2 is 2.00 bits per heavy atom. The van der Waals surface area contributed by atoms with Crippen LogP contribution in [0.3, 0.4) is 0 Å². The predicted octanol–water partition coefficient (Wildman–Crippen LogP) is 2.84. The Hall–Kier alpha value is -2.40. The van der Waals surface area contributed by atoms with Crippen molar-refractivity contribution in [3.63, 3.8) is 0 Å². The summed E-state index contributed by atoms with van der Waals surface area (Å²) in [6.45, 7) is 3.89. The molecule has 0 amide bonds. The molecule has 0 saturated carbocycles. The average molecular weight is 286 g/mol. The molecule has 6 heteroatoms. The summed E-state index contributed by atoms with van der Waals surface area (Å²) >= 11 is 6.04. The van der Waals surface area contributed by atoms with E-state index in [1.807, 2.05) is 41.0 Å². The molecule has 2 heterocycles. The molecule has 0 spiro atoms. The van der Waals surface area contributed by atoms with Gasteiger partial charge in [-0.25, -0.2) is 4.98 Å². The fraction of sp³-hybridized carbons (Fsp3) is 0.0714. The van der Waals surface area contributed by atoms with Crippen molar-refractivity contribution in [2.24, 2.45) is 0 Å². The van der Waals surface area contributed by atoms with Crippen molar-refractivity contribution in [2.45, 2.75) is 6.04 Å². The van der Waals surface area contributed by atoms with Crippen molar-refractivity contribution in [1.29, 1.82) is 0 Å². The molecular weight excluding hydrogens is 274 g/mol. The summed E-state index contributed by atoms with van der Waals surface area (Å²) in [5.74, 6) is 0.125. The van der Waals surface area contributed by atoms with Crippen LogP contribution in [-0.2, 0) is 0 Å². The summed E-state index contributed by atoms with van der Waals surface area (Å²) in [5.41, 5.74) is 7.86. The molecule has 3 aromatic rings. The number of halogens is 1. The molecule has 1 aromatic carbocycles. The van der Waals surface area contributed by atoms with Crippen LogP contribution in [0.4, 0.5) is 5.95 Å². The summed E-state index contributed by atoms with van der Waals surface area (Å²) in [5, 5.41) is 0.252. The van der Waals surface area contributed by atoms with E-state index in [2.05, 4.69) is 21.5 Å². The molecule has 0 aliphatic heterocycles. The molecule has 1 atom stereocenters. The lowest BCUT2D eigenvalue weighted by molar-refractivity contribution is 0.715. The first-order valence-corrected chi connectivity index (χ1v) is 6.41. The number of benzene rings is 1. The van der Waals surface area contributed by atoms with Crippen LogP contribution in [0.5, 0.6) is 0 Å². The first kappa shape index (κ1) is 12.6. The minimum Gasteiger partial charge on any atom is -0.368 e. The zero-order chi connectivity index (χ0) is 14.1.